The molecule has 0 bridgehead atoms. The molecule has 1 aromatic carbocycles. The average Bonchev–Trinajstić information content (AvgIpc) is 2.92. The van der Waals surface area contributed by atoms with Crippen molar-refractivity contribution in [2.24, 2.45) is 9.98 Å². The van der Waals surface area contributed by atoms with E-state index < -0.39 is 0 Å². The number of hydrogen-bond acceptors (Lipinski definition) is 4. The van der Waals surface area contributed by atoms with Crippen molar-refractivity contribution in [1.29, 1.82) is 0 Å². The van der Waals surface area contributed by atoms with Gasteiger partial charge in [-0.25, -0.2) is 4.99 Å². The number of para-hydroxylation sites is 1. The summed E-state index contributed by atoms with van der Waals surface area (Å²) in [4.78, 5) is 19.7. The Kier molecular flexibility index (Phi) is 15.0. The van der Waals surface area contributed by atoms with Gasteiger partial charge in [0.2, 0.25) is 6.41 Å². The number of benzene rings is 1. The van der Waals surface area contributed by atoms with E-state index in [1.165, 1.54) is 0 Å². The molecular formula is C21H29HgN4O. The minimum atomic E-state index is 0.357. The zero-order valence-corrected chi connectivity index (χ0v) is 22.5. The van der Waals surface area contributed by atoms with Crippen LogP contribution in [0.3, 0.4) is 0 Å². The van der Waals surface area contributed by atoms with Gasteiger partial charge in [-0.1, -0.05) is 62.4 Å². The van der Waals surface area contributed by atoms with E-state index in [1.807, 2.05) is 82.3 Å². The van der Waals surface area contributed by atoms with Crippen LogP contribution in [-0.4, -0.2) is 24.5 Å². The summed E-state index contributed by atoms with van der Waals surface area (Å²) in [5.74, 6) is 0.588. The van der Waals surface area contributed by atoms with E-state index in [4.69, 9.17) is 0 Å². The van der Waals surface area contributed by atoms with Crippen LogP contribution in [0.1, 0.15) is 33.3 Å². The molecule has 141 valence electrons. The number of carbonyl (C=O) groups is 1. The molecule has 1 heterocycles. The molecule has 6 heteroatoms. The molecule has 0 atom stereocenters. The van der Waals surface area contributed by atoms with Gasteiger partial charge in [-0.15, -0.1) is 0 Å². The van der Waals surface area contributed by atoms with Gasteiger partial charge in [0.05, 0.1) is 17.9 Å². The van der Waals surface area contributed by atoms with Crippen LogP contribution < -0.4 is 10.9 Å². The number of nitrogens with one attached hydrogen (secondary N) is 2. The number of amides is 1. The van der Waals surface area contributed by atoms with E-state index in [0.717, 1.165) is 48.7 Å². The topological polar surface area (TPSA) is 65.8 Å². The number of hydrazine groups is 1. The van der Waals surface area contributed by atoms with Gasteiger partial charge in [-0.2, -0.15) is 0 Å². The van der Waals surface area contributed by atoms with Gasteiger partial charge < -0.3 is 0 Å². The summed E-state index contributed by atoms with van der Waals surface area (Å²) in [5, 5.41) is 0. The van der Waals surface area contributed by atoms with E-state index in [2.05, 4.69) is 25.3 Å². The molecule has 1 aromatic rings. The summed E-state index contributed by atoms with van der Waals surface area (Å²) in [6.07, 6.45) is 10.6. The summed E-state index contributed by atoms with van der Waals surface area (Å²) in [6, 6.07) is 7.83. The molecule has 2 N–H and O–H groups in total. The zero-order chi connectivity index (χ0) is 20.5. The summed E-state index contributed by atoms with van der Waals surface area (Å²) >= 11 is 1.03. The molecule has 0 radical (unpaired) electrons. The number of nitrogens with zero attached hydrogens (tertiary/aromatic N) is 2. The Balaban J connectivity index is 0.00000158. The van der Waals surface area contributed by atoms with Crippen LogP contribution in [0.25, 0.3) is 0 Å². The molecule has 0 saturated carbocycles. The summed E-state index contributed by atoms with van der Waals surface area (Å²) in [7, 11) is 0. The molecule has 2 rings (SSSR count). The minimum absolute atomic E-state index is 0.357. The molecule has 1 amide bonds. The van der Waals surface area contributed by atoms with E-state index in [0.29, 0.717) is 18.8 Å². The Morgan fingerprint density at radius 2 is 1.85 bits per heavy atom. The van der Waals surface area contributed by atoms with Crippen LogP contribution in [0.4, 0.5) is 5.69 Å². The van der Waals surface area contributed by atoms with Crippen molar-refractivity contribution in [3.05, 3.63) is 65.8 Å². The Morgan fingerprint density at radius 1 is 1.15 bits per heavy atom. The zero-order valence-electron chi connectivity index (χ0n) is 17.0. The molecule has 0 saturated heterocycles. The Hall–Kier alpha value is -2.01. The Labute approximate surface area is 179 Å². The van der Waals surface area contributed by atoms with Gasteiger partial charge >= 0.3 is 30.6 Å². The van der Waals surface area contributed by atoms with Crippen LogP contribution in [0.5, 0.6) is 0 Å². The quantitative estimate of drug-likeness (QED) is 0.245. The SMILES string of the molecule is CC.C\C=C/C=C(\C=C/C)C1=NCC(NNC=O)=Nc2ccccc21.[CH3][Hg]. The van der Waals surface area contributed by atoms with Crippen molar-refractivity contribution in [2.45, 2.75) is 32.1 Å². The Bertz CT molecular complexity index is 719. The summed E-state index contributed by atoms with van der Waals surface area (Å²) in [5.41, 5.74) is 8.84. The third kappa shape index (κ3) is 8.48. The van der Waals surface area contributed by atoms with E-state index in [1.54, 1.807) is 0 Å². The average molecular weight is 554 g/mol. The van der Waals surface area contributed by atoms with Crippen LogP contribution in [-0.2, 0) is 30.9 Å². The maximum atomic E-state index is 10.5. The first-order valence-corrected chi connectivity index (χ1v) is 14.6. The fraction of sp³-hybridized carbons (Fsp3) is 0.286. The van der Waals surface area contributed by atoms with Crippen molar-refractivity contribution >= 4 is 23.6 Å². The number of carbonyl (C=O) groups excluding carboxylic acids is 1. The Morgan fingerprint density at radius 3 is 2.48 bits per heavy atom. The van der Waals surface area contributed by atoms with Crippen LogP contribution in [0.15, 0.2) is 70.2 Å². The molecule has 1 aliphatic heterocycles. The molecule has 5 nitrogen and oxygen atoms in total. The predicted molar refractivity (Wildman–Crippen MR) is 112 cm³/mol. The van der Waals surface area contributed by atoms with Gasteiger partial charge in [0.25, 0.3) is 0 Å². The van der Waals surface area contributed by atoms with Gasteiger partial charge in [-0.3, -0.25) is 20.6 Å². The number of aliphatic imine (C=N–C) groups is 2. The van der Waals surface area contributed by atoms with Crippen molar-refractivity contribution in [3.8, 4) is 0 Å². The fourth-order valence-corrected chi connectivity index (χ4v) is 2.21. The molecule has 1 aliphatic rings. The number of fused-ring (bicyclic) bond motifs is 1. The standard InChI is InChI=1S/C18H20N4O.C2H6.CH3.Hg/c1-3-5-9-14(8-4-2)18-15-10-6-7-11-16(15)21-17(12-19-18)22-20-13-23;1-2;;/h3-11,13H,12H2,1-2H3,(H,20,23)(H,21,22);1-2H3;1H3;/b5-3-,8-4-,14-9+;;;. The van der Waals surface area contributed by atoms with Crippen molar-refractivity contribution in [2.75, 3.05) is 6.54 Å². The van der Waals surface area contributed by atoms with Crippen molar-refractivity contribution in [1.82, 2.24) is 10.9 Å². The van der Waals surface area contributed by atoms with Gasteiger partial charge in [-0.05, 0) is 19.9 Å². The molecule has 27 heavy (non-hydrogen) atoms. The van der Waals surface area contributed by atoms with Crippen LogP contribution >= 0.6 is 0 Å². The van der Waals surface area contributed by atoms with E-state index >= 15 is 0 Å². The molecule has 0 spiro atoms. The molecule has 0 unspecified atom stereocenters. The van der Waals surface area contributed by atoms with E-state index in [-0.39, 0.29) is 0 Å². The summed E-state index contributed by atoms with van der Waals surface area (Å²) in [6.45, 7) is 8.31. The molecular weight excluding hydrogens is 525 g/mol. The second-order valence-electron chi connectivity index (χ2n) is 4.78. The van der Waals surface area contributed by atoms with Crippen molar-refractivity contribution < 1.29 is 30.9 Å². The van der Waals surface area contributed by atoms with Crippen LogP contribution in [0, 0.1) is 0 Å². The van der Waals surface area contributed by atoms with E-state index in [9.17, 15) is 4.79 Å². The second-order valence-corrected chi connectivity index (χ2v) is 4.78. The van der Waals surface area contributed by atoms with Gasteiger partial charge in [0.15, 0.2) is 0 Å². The monoisotopic (exact) mass is 555 g/mol. The molecule has 0 aromatic heterocycles. The number of hydrogen-bond donors (Lipinski definition) is 2. The maximum absolute atomic E-state index is 10.5. The fourth-order valence-electron chi connectivity index (χ4n) is 2.21. The normalized spacial score (nSPS) is 13.2. The number of rotatable bonds is 5. The van der Waals surface area contributed by atoms with Gasteiger partial charge in [0, 0.05) is 11.1 Å². The first-order valence-electron chi connectivity index (χ1n) is 9.13. The van der Waals surface area contributed by atoms with Gasteiger partial charge in [0.1, 0.15) is 5.84 Å². The van der Waals surface area contributed by atoms with Crippen LogP contribution in [0.2, 0.25) is 4.43 Å². The summed E-state index contributed by atoms with van der Waals surface area (Å²) < 4.78 is 2.19. The third-order valence-corrected chi connectivity index (χ3v) is 3.16. The third-order valence-electron chi connectivity index (χ3n) is 3.16. The molecule has 0 aliphatic carbocycles. The predicted octanol–water partition coefficient (Wildman–Crippen LogP) is 4.46. The first-order chi connectivity index (χ1) is 13.3. The van der Waals surface area contributed by atoms with Crippen molar-refractivity contribution in [3.63, 3.8) is 0 Å². The second kappa shape index (κ2) is 16.2. The molecule has 0 fully saturated rings. The number of allylic oxidation sites excluding steroid dienone is 6. The number of amidine groups is 1. The first kappa shape index (κ1) is 25.0.